The minimum absolute atomic E-state index is 0.286. The van der Waals surface area contributed by atoms with Gasteiger partial charge >= 0.3 is 0 Å². The summed E-state index contributed by atoms with van der Waals surface area (Å²) in [7, 11) is 2.12. The Hall–Kier alpha value is -0.160. The molecular weight excluding hydrogens is 238 g/mol. The third-order valence-corrected chi connectivity index (χ3v) is 4.90. The molecule has 0 aromatic rings. The van der Waals surface area contributed by atoms with Gasteiger partial charge in [-0.25, -0.2) is 0 Å². The molecule has 0 radical (unpaired) electrons. The zero-order chi connectivity index (χ0) is 13.7. The van der Waals surface area contributed by atoms with E-state index in [-0.39, 0.29) is 5.54 Å². The summed E-state index contributed by atoms with van der Waals surface area (Å²) in [4.78, 5) is 2.65. The van der Waals surface area contributed by atoms with Gasteiger partial charge in [-0.05, 0) is 46.1 Å². The van der Waals surface area contributed by atoms with Gasteiger partial charge in [-0.15, -0.1) is 0 Å². The SMILES string of the molecule is CNC(CC(C)(C)N1CCNCC1)C1CCOCC1. The molecule has 2 aliphatic heterocycles. The van der Waals surface area contributed by atoms with E-state index in [1.807, 2.05) is 0 Å². The van der Waals surface area contributed by atoms with E-state index in [0.717, 1.165) is 32.2 Å². The molecule has 2 fully saturated rings. The van der Waals surface area contributed by atoms with Crippen molar-refractivity contribution in [3.63, 3.8) is 0 Å². The summed E-state index contributed by atoms with van der Waals surface area (Å²) in [5, 5.41) is 7.01. The van der Waals surface area contributed by atoms with Crippen LogP contribution in [0.2, 0.25) is 0 Å². The first-order chi connectivity index (χ1) is 9.13. The summed E-state index contributed by atoms with van der Waals surface area (Å²) >= 11 is 0. The van der Waals surface area contributed by atoms with Crippen LogP contribution >= 0.6 is 0 Å². The van der Waals surface area contributed by atoms with Crippen LogP contribution in [0.4, 0.5) is 0 Å². The van der Waals surface area contributed by atoms with Crippen molar-refractivity contribution in [2.75, 3.05) is 46.4 Å². The standard InChI is InChI=1S/C15H31N3O/c1-15(2,18-8-6-17-7-9-18)12-14(16-3)13-4-10-19-11-5-13/h13-14,16-17H,4-12H2,1-3H3. The van der Waals surface area contributed by atoms with E-state index in [1.54, 1.807) is 0 Å². The molecule has 2 N–H and O–H groups in total. The highest BCUT2D eigenvalue weighted by atomic mass is 16.5. The molecule has 1 atom stereocenters. The lowest BCUT2D eigenvalue weighted by atomic mass is 9.82. The predicted molar refractivity (Wildman–Crippen MR) is 79.5 cm³/mol. The van der Waals surface area contributed by atoms with Crippen LogP contribution in [-0.4, -0.2) is 62.9 Å². The Bertz CT molecular complexity index is 258. The second kappa shape index (κ2) is 7.02. The number of nitrogens with one attached hydrogen (secondary N) is 2. The Kier molecular flexibility index (Phi) is 5.63. The first-order valence-electron chi connectivity index (χ1n) is 7.84. The van der Waals surface area contributed by atoms with Gasteiger partial charge in [0.25, 0.3) is 0 Å². The highest BCUT2D eigenvalue weighted by Crippen LogP contribution is 2.28. The maximum atomic E-state index is 5.49. The average molecular weight is 269 g/mol. The zero-order valence-corrected chi connectivity index (χ0v) is 12.9. The van der Waals surface area contributed by atoms with Crippen molar-refractivity contribution in [3.8, 4) is 0 Å². The Morgan fingerprint density at radius 3 is 2.47 bits per heavy atom. The summed E-state index contributed by atoms with van der Waals surface area (Å²) in [6, 6.07) is 0.619. The summed E-state index contributed by atoms with van der Waals surface area (Å²) in [5.41, 5.74) is 0.286. The van der Waals surface area contributed by atoms with E-state index in [2.05, 4.69) is 36.4 Å². The predicted octanol–water partition coefficient (Wildman–Crippen LogP) is 1.07. The maximum absolute atomic E-state index is 5.49. The molecule has 2 heterocycles. The maximum Gasteiger partial charge on any atom is 0.0469 e. The molecular formula is C15H31N3O. The van der Waals surface area contributed by atoms with Gasteiger partial charge in [0.1, 0.15) is 0 Å². The number of rotatable bonds is 5. The first kappa shape index (κ1) is 15.2. The molecule has 0 aromatic carbocycles. The topological polar surface area (TPSA) is 36.5 Å². The fourth-order valence-corrected chi connectivity index (χ4v) is 3.56. The second-order valence-electron chi connectivity index (χ2n) is 6.60. The molecule has 0 aromatic heterocycles. The molecule has 2 rings (SSSR count). The van der Waals surface area contributed by atoms with Crippen LogP contribution in [0.5, 0.6) is 0 Å². The van der Waals surface area contributed by atoms with Gasteiger partial charge in [0.2, 0.25) is 0 Å². The Morgan fingerprint density at radius 1 is 1.26 bits per heavy atom. The third-order valence-electron chi connectivity index (χ3n) is 4.90. The number of ether oxygens (including phenoxy) is 1. The van der Waals surface area contributed by atoms with Crippen LogP contribution in [0.25, 0.3) is 0 Å². The fraction of sp³-hybridized carbons (Fsp3) is 1.00. The molecule has 2 aliphatic rings. The van der Waals surface area contributed by atoms with Crippen LogP contribution in [0, 0.1) is 5.92 Å². The van der Waals surface area contributed by atoms with E-state index in [9.17, 15) is 0 Å². The van der Waals surface area contributed by atoms with Crippen LogP contribution < -0.4 is 10.6 Å². The van der Waals surface area contributed by atoms with Gasteiger partial charge in [0, 0.05) is 51.0 Å². The van der Waals surface area contributed by atoms with Gasteiger partial charge < -0.3 is 15.4 Å². The molecule has 19 heavy (non-hydrogen) atoms. The van der Waals surface area contributed by atoms with E-state index in [1.165, 1.54) is 32.4 Å². The molecule has 2 saturated heterocycles. The fourth-order valence-electron chi connectivity index (χ4n) is 3.56. The molecule has 112 valence electrons. The monoisotopic (exact) mass is 269 g/mol. The molecule has 4 heteroatoms. The molecule has 0 spiro atoms. The van der Waals surface area contributed by atoms with Crippen molar-refractivity contribution in [2.45, 2.75) is 44.7 Å². The summed E-state index contributed by atoms with van der Waals surface area (Å²) in [6.45, 7) is 11.3. The van der Waals surface area contributed by atoms with E-state index in [4.69, 9.17) is 4.74 Å². The van der Waals surface area contributed by atoms with Crippen LogP contribution in [-0.2, 0) is 4.74 Å². The quantitative estimate of drug-likeness (QED) is 0.783. The van der Waals surface area contributed by atoms with E-state index >= 15 is 0 Å². The van der Waals surface area contributed by atoms with Crippen LogP contribution in [0.15, 0.2) is 0 Å². The minimum atomic E-state index is 0.286. The minimum Gasteiger partial charge on any atom is -0.381 e. The lowest BCUT2D eigenvalue weighted by molar-refractivity contribution is 0.0343. The molecule has 0 saturated carbocycles. The molecule has 0 aliphatic carbocycles. The smallest absolute Gasteiger partial charge is 0.0469 e. The Balaban J connectivity index is 1.91. The van der Waals surface area contributed by atoms with Crippen molar-refractivity contribution in [2.24, 2.45) is 5.92 Å². The van der Waals surface area contributed by atoms with Gasteiger partial charge in [-0.3, -0.25) is 4.90 Å². The van der Waals surface area contributed by atoms with Crippen molar-refractivity contribution in [3.05, 3.63) is 0 Å². The van der Waals surface area contributed by atoms with Crippen LogP contribution in [0.1, 0.15) is 33.1 Å². The molecule has 1 unspecified atom stereocenters. The Labute approximate surface area is 118 Å². The normalized spacial score (nSPS) is 25.4. The summed E-state index contributed by atoms with van der Waals surface area (Å²) in [6.07, 6.45) is 3.65. The highest BCUT2D eigenvalue weighted by Gasteiger charge is 2.33. The van der Waals surface area contributed by atoms with Gasteiger partial charge in [0.15, 0.2) is 0 Å². The van der Waals surface area contributed by atoms with Crippen molar-refractivity contribution in [1.29, 1.82) is 0 Å². The average Bonchev–Trinajstić information content (AvgIpc) is 2.47. The third kappa shape index (κ3) is 4.15. The molecule has 0 bridgehead atoms. The van der Waals surface area contributed by atoms with E-state index < -0.39 is 0 Å². The highest BCUT2D eigenvalue weighted by molar-refractivity contribution is 4.91. The number of nitrogens with zero attached hydrogens (tertiary/aromatic N) is 1. The number of hydrogen-bond acceptors (Lipinski definition) is 4. The second-order valence-corrected chi connectivity index (χ2v) is 6.60. The lowest BCUT2D eigenvalue weighted by Gasteiger charge is -2.44. The number of hydrogen-bond donors (Lipinski definition) is 2. The van der Waals surface area contributed by atoms with Crippen LogP contribution in [0.3, 0.4) is 0 Å². The van der Waals surface area contributed by atoms with Gasteiger partial charge in [-0.2, -0.15) is 0 Å². The first-order valence-corrected chi connectivity index (χ1v) is 7.84. The number of piperazine rings is 1. The molecule has 0 amide bonds. The lowest BCUT2D eigenvalue weighted by Crippen LogP contribution is -2.56. The molecule has 4 nitrogen and oxygen atoms in total. The largest absolute Gasteiger partial charge is 0.381 e. The van der Waals surface area contributed by atoms with Crippen molar-refractivity contribution in [1.82, 2.24) is 15.5 Å². The Morgan fingerprint density at radius 2 is 1.89 bits per heavy atom. The van der Waals surface area contributed by atoms with Gasteiger partial charge in [-0.1, -0.05) is 0 Å². The van der Waals surface area contributed by atoms with Crippen molar-refractivity contribution >= 4 is 0 Å². The van der Waals surface area contributed by atoms with Crippen molar-refractivity contribution < 1.29 is 4.74 Å². The zero-order valence-electron chi connectivity index (χ0n) is 12.9. The summed E-state index contributed by atoms with van der Waals surface area (Å²) in [5.74, 6) is 0.779. The van der Waals surface area contributed by atoms with Gasteiger partial charge in [0.05, 0.1) is 0 Å². The summed E-state index contributed by atoms with van der Waals surface area (Å²) < 4.78 is 5.49. The van der Waals surface area contributed by atoms with E-state index in [0.29, 0.717) is 6.04 Å².